The summed E-state index contributed by atoms with van der Waals surface area (Å²) in [7, 11) is 0. The van der Waals surface area contributed by atoms with Crippen LogP contribution < -0.4 is 10.9 Å². The van der Waals surface area contributed by atoms with Gasteiger partial charge in [0.25, 0.3) is 11.5 Å². The van der Waals surface area contributed by atoms with Gasteiger partial charge in [0.1, 0.15) is 11.4 Å². The molecule has 3 aromatic rings. The maximum Gasteiger partial charge on any atom is 0.416 e. The zero-order chi connectivity index (χ0) is 25.2. The molecule has 0 spiro atoms. The minimum atomic E-state index is -4.54. The van der Waals surface area contributed by atoms with E-state index in [1.165, 1.54) is 12.1 Å². The number of rotatable bonds is 6. The van der Waals surface area contributed by atoms with Gasteiger partial charge in [0.2, 0.25) is 0 Å². The summed E-state index contributed by atoms with van der Waals surface area (Å²) in [6.45, 7) is 0.0576. The lowest BCUT2D eigenvalue weighted by Crippen LogP contribution is -2.47. The molecular formula is C24H21F4N3O4. The van der Waals surface area contributed by atoms with Gasteiger partial charge in [-0.1, -0.05) is 18.2 Å². The van der Waals surface area contributed by atoms with Gasteiger partial charge in [0, 0.05) is 12.2 Å². The minimum absolute atomic E-state index is 0.0189. The number of nitrogens with zero attached hydrogens (tertiary/aromatic N) is 2. The number of nitrogens with one attached hydrogen (secondary N) is 1. The second-order valence-corrected chi connectivity index (χ2v) is 8.03. The Morgan fingerprint density at radius 1 is 1.20 bits per heavy atom. The summed E-state index contributed by atoms with van der Waals surface area (Å²) in [5.41, 5.74) is -1.88. The van der Waals surface area contributed by atoms with Gasteiger partial charge >= 0.3 is 6.18 Å². The van der Waals surface area contributed by atoms with E-state index in [2.05, 4.69) is 10.4 Å². The molecule has 1 saturated heterocycles. The van der Waals surface area contributed by atoms with Crippen molar-refractivity contribution in [1.82, 2.24) is 15.1 Å². The maximum atomic E-state index is 13.8. The van der Waals surface area contributed by atoms with Crippen molar-refractivity contribution in [2.24, 2.45) is 0 Å². The Bertz CT molecular complexity index is 1270. The number of aromatic nitrogens is 2. The highest BCUT2D eigenvalue weighted by Crippen LogP contribution is 2.30. The quantitative estimate of drug-likeness (QED) is 0.516. The van der Waals surface area contributed by atoms with Crippen LogP contribution >= 0.6 is 0 Å². The Morgan fingerprint density at radius 2 is 1.94 bits per heavy atom. The number of halogens is 4. The molecule has 1 aliphatic rings. The van der Waals surface area contributed by atoms with Crippen molar-refractivity contribution in [3.05, 3.63) is 81.9 Å². The van der Waals surface area contributed by atoms with Gasteiger partial charge in [-0.05, 0) is 49.2 Å². The van der Waals surface area contributed by atoms with Crippen molar-refractivity contribution in [3.8, 4) is 16.9 Å². The third-order valence-corrected chi connectivity index (χ3v) is 5.64. The van der Waals surface area contributed by atoms with Gasteiger partial charge in [0.15, 0.2) is 0 Å². The van der Waals surface area contributed by atoms with Crippen LogP contribution in [0.3, 0.4) is 0 Å². The van der Waals surface area contributed by atoms with Crippen LogP contribution in [0.15, 0.2) is 59.4 Å². The fourth-order valence-corrected chi connectivity index (χ4v) is 3.83. The number of aliphatic hydroxyl groups excluding tert-OH is 1. The second kappa shape index (κ2) is 9.96. The summed E-state index contributed by atoms with van der Waals surface area (Å²) in [6, 6.07) is 9.37. The molecule has 2 heterocycles. The molecule has 1 amide bonds. The fourth-order valence-electron chi connectivity index (χ4n) is 3.83. The number of alkyl halides is 3. The number of ether oxygens (including phenoxy) is 1. The van der Waals surface area contributed by atoms with Crippen molar-refractivity contribution in [2.75, 3.05) is 13.2 Å². The van der Waals surface area contributed by atoms with E-state index in [-0.39, 0.29) is 22.5 Å². The first kappa shape index (κ1) is 24.6. The summed E-state index contributed by atoms with van der Waals surface area (Å²) in [6.07, 6.45) is -3.59. The first-order chi connectivity index (χ1) is 16.7. The Hall–Kier alpha value is -3.57. The number of carbonyl (C=O) groups excluding carboxylic acids is 1. The van der Waals surface area contributed by atoms with E-state index < -0.39 is 47.8 Å². The SMILES string of the molecule is O=C(NC(CO)C1CCCO1)c1cc(-c2ccc(C(F)(F)F)cc2)nn(-c2cccc(F)c2)c1=O. The molecule has 2 unspecified atom stereocenters. The van der Waals surface area contributed by atoms with Crippen molar-refractivity contribution < 1.29 is 32.2 Å². The van der Waals surface area contributed by atoms with Crippen molar-refractivity contribution in [2.45, 2.75) is 31.2 Å². The summed E-state index contributed by atoms with van der Waals surface area (Å²) in [5, 5.41) is 16.5. The zero-order valence-corrected chi connectivity index (χ0v) is 18.3. The molecule has 1 fully saturated rings. The number of carbonyl (C=O) groups is 1. The van der Waals surface area contributed by atoms with E-state index in [1.54, 1.807) is 0 Å². The van der Waals surface area contributed by atoms with Crippen molar-refractivity contribution in [1.29, 1.82) is 0 Å². The lowest BCUT2D eigenvalue weighted by Gasteiger charge is -2.22. The Balaban J connectivity index is 1.78. The van der Waals surface area contributed by atoms with Crippen LogP contribution in [0.5, 0.6) is 0 Å². The molecule has 2 atom stereocenters. The molecule has 0 bridgehead atoms. The number of hydrogen-bond donors (Lipinski definition) is 2. The molecule has 184 valence electrons. The molecule has 1 aliphatic heterocycles. The molecule has 7 nitrogen and oxygen atoms in total. The fraction of sp³-hybridized carbons (Fsp3) is 0.292. The van der Waals surface area contributed by atoms with Gasteiger partial charge < -0.3 is 15.2 Å². The molecule has 35 heavy (non-hydrogen) atoms. The Labute approximate surface area is 197 Å². The topological polar surface area (TPSA) is 93.4 Å². The van der Waals surface area contributed by atoms with Gasteiger partial charge in [0.05, 0.1) is 35.7 Å². The van der Waals surface area contributed by atoms with E-state index >= 15 is 0 Å². The predicted octanol–water partition coefficient (Wildman–Crippen LogP) is 3.33. The average Bonchev–Trinajstić information content (AvgIpc) is 3.37. The molecule has 1 aromatic heterocycles. The van der Waals surface area contributed by atoms with Crippen LogP contribution in [0, 0.1) is 5.82 Å². The number of hydrogen-bond acceptors (Lipinski definition) is 5. The van der Waals surface area contributed by atoms with Crippen LogP contribution in [0.25, 0.3) is 16.9 Å². The lowest BCUT2D eigenvalue weighted by molar-refractivity contribution is -0.137. The normalized spacial score (nSPS) is 16.8. The van der Waals surface area contributed by atoms with Gasteiger partial charge in [-0.25, -0.2) is 4.39 Å². The Kier molecular flexibility index (Phi) is 6.99. The molecule has 2 aromatic carbocycles. The summed E-state index contributed by atoms with van der Waals surface area (Å²) >= 11 is 0. The van der Waals surface area contributed by atoms with Gasteiger partial charge in [-0.2, -0.15) is 23.0 Å². The van der Waals surface area contributed by atoms with Crippen LogP contribution in [0.4, 0.5) is 17.6 Å². The van der Waals surface area contributed by atoms with Gasteiger partial charge in [-0.15, -0.1) is 0 Å². The van der Waals surface area contributed by atoms with E-state index in [9.17, 15) is 32.3 Å². The summed E-state index contributed by atoms with van der Waals surface area (Å²) in [4.78, 5) is 26.2. The monoisotopic (exact) mass is 491 g/mol. The number of aliphatic hydroxyl groups is 1. The molecular weight excluding hydrogens is 470 g/mol. The smallest absolute Gasteiger partial charge is 0.394 e. The molecule has 11 heteroatoms. The zero-order valence-electron chi connectivity index (χ0n) is 18.3. The van der Waals surface area contributed by atoms with E-state index in [0.29, 0.717) is 13.0 Å². The van der Waals surface area contributed by atoms with E-state index in [1.807, 2.05) is 0 Å². The van der Waals surface area contributed by atoms with E-state index in [4.69, 9.17) is 4.74 Å². The minimum Gasteiger partial charge on any atom is -0.394 e. The highest BCUT2D eigenvalue weighted by Gasteiger charge is 2.31. The first-order valence-corrected chi connectivity index (χ1v) is 10.8. The summed E-state index contributed by atoms with van der Waals surface area (Å²) in [5.74, 6) is -1.48. The Morgan fingerprint density at radius 3 is 2.54 bits per heavy atom. The van der Waals surface area contributed by atoms with Crippen LogP contribution in [-0.4, -0.2) is 46.2 Å². The highest BCUT2D eigenvalue weighted by atomic mass is 19.4. The van der Waals surface area contributed by atoms with Crippen LogP contribution in [-0.2, 0) is 10.9 Å². The van der Waals surface area contributed by atoms with Crippen molar-refractivity contribution >= 4 is 5.91 Å². The number of amides is 1. The molecule has 2 N–H and O–H groups in total. The van der Waals surface area contributed by atoms with Gasteiger partial charge in [-0.3, -0.25) is 9.59 Å². The molecule has 4 rings (SSSR count). The summed E-state index contributed by atoms with van der Waals surface area (Å²) < 4.78 is 59.1. The third-order valence-electron chi connectivity index (χ3n) is 5.64. The standard InChI is InChI=1S/C24H21F4N3O4/c25-16-3-1-4-17(11-16)31-23(34)18(22(33)29-20(13-32)21-5-2-10-35-21)12-19(30-31)14-6-8-15(9-7-14)24(26,27)28/h1,3-4,6-9,11-12,20-21,32H,2,5,10,13H2,(H,29,33). The molecule has 0 saturated carbocycles. The maximum absolute atomic E-state index is 13.8. The number of benzene rings is 2. The van der Waals surface area contributed by atoms with Crippen LogP contribution in [0.2, 0.25) is 0 Å². The van der Waals surface area contributed by atoms with E-state index in [0.717, 1.165) is 53.6 Å². The molecule has 0 aliphatic carbocycles. The van der Waals surface area contributed by atoms with Crippen molar-refractivity contribution in [3.63, 3.8) is 0 Å². The highest BCUT2D eigenvalue weighted by molar-refractivity contribution is 5.95. The second-order valence-electron chi connectivity index (χ2n) is 8.03. The largest absolute Gasteiger partial charge is 0.416 e. The average molecular weight is 491 g/mol. The predicted molar refractivity (Wildman–Crippen MR) is 118 cm³/mol. The molecule has 0 radical (unpaired) electrons. The third kappa shape index (κ3) is 5.41. The lowest BCUT2D eigenvalue weighted by atomic mass is 10.1. The first-order valence-electron chi connectivity index (χ1n) is 10.8. The van der Waals surface area contributed by atoms with Crippen LogP contribution in [0.1, 0.15) is 28.8 Å².